The SMILES string of the molecule is CCC(C)CNC(=O)[C@H](C(C)C)[C@@H](O)[C@H](O)[C@H](CC(C)C)NC(=O)OCc1ccccc1. The van der Waals surface area contributed by atoms with Crippen molar-refractivity contribution in [3.63, 3.8) is 0 Å². The number of amides is 2. The van der Waals surface area contributed by atoms with Gasteiger partial charge in [-0.2, -0.15) is 0 Å². The summed E-state index contributed by atoms with van der Waals surface area (Å²) in [5, 5.41) is 27.5. The highest BCUT2D eigenvalue weighted by atomic mass is 16.5. The molecule has 4 N–H and O–H groups in total. The molecule has 0 aromatic heterocycles. The van der Waals surface area contributed by atoms with Crippen LogP contribution in [0.2, 0.25) is 0 Å². The van der Waals surface area contributed by atoms with Gasteiger partial charge in [0.1, 0.15) is 12.7 Å². The van der Waals surface area contributed by atoms with E-state index < -0.39 is 30.3 Å². The number of ether oxygens (including phenoxy) is 1. The summed E-state index contributed by atoms with van der Waals surface area (Å²) in [5.74, 6) is -0.814. The van der Waals surface area contributed by atoms with Crippen LogP contribution < -0.4 is 10.6 Å². The fourth-order valence-electron chi connectivity index (χ4n) is 3.55. The van der Waals surface area contributed by atoms with Gasteiger partial charge in [0.2, 0.25) is 5.91 Å². The Kier molecular flexibility index (Phi) is 12.3. The molecule has 2 amide bonds. The molecule has 1 unspecified atom stereocenters. The van der Waals surface area contributed by atoms with Crippen LogP contribution in [0.1, 0.15) is 59.9 Å². The molecule has 0 radical (unpaired) electrons. The van der Waals surface area contributed by atoms with Crippen molar-refractivity contribution in [2.45, 2.75) is 79.2 Å². The summed E-state index contributed by atoms with van der Waals surface area (Å²) in [4.78, 5) is 25.2. The van der Waals surface area contributed by atoms with Gasteiger partial charge in [0, 0.05) is 6.54 Å². The highest BCUT2D eigenvalue weighted by Gasteiger charge is 2.38. The largest absolute Gasteiger partial charge is 0.445 e. The Hall–Kier alpha value is -2.12. The molecule has 0 aliphatic carbocycles. The van der Waals surface area contributed by atoms with Gasteiger partial charge in [-0.15, -0.1) is 0 Å². The van der Waals surface area contributed by atoms with E-state index in [-0.39, 0.29) is 24.3 Å². The molecule has 1 rings (SSSR count). The predicted octanol–water partition coefficient (Wildman–Crippen LogP) is 3.48. The molecular formula is C25H42N2O5. The zero-order valence-electron chi connectivity index (χ0n) is 20.4. The van der Waals surface area contributed by atoms with Crippen LogP contribution in [0.4, 0.5) is 4.79 Å². The summed E-state index contributed by atoms with van der Waals surface area (Å²) in [7, 11) is 0. The minimum Gasteiger partial charge on any atom is -0.445 e. The minimum atomic E-state index is -1.33. The van der Waals surface area contributed by atoms with E-state index in [1.54, 1.807) is 0 Å². The second-order valence-electron chi connectivity index (χ2n) is 9.45. The fraction of sp³-hybridized carbons (Fsp3) is 0.680. The zero-order valence-corrected chi connectivity index (χ0v) is 20.4. The number of rotatable bonds is 13. The van der Waals surface area contributed by atoms with E-state index in [4.69, 9.17) is 4.74 Å². The lowest BCUT2D eigenvalue weighted by molar-refractivity contribution is -0.136. The maximum atomic E-state index is 12.8. The number of benzene rings is 1. The van der Waals surface area contributed by atoms with E-state index in [1.807, 2.05) is 65.0 Å². The first-order valence-electron chi connectivity index (χ1n) is 11.7. The molecule has 0 aliphatic heterocycles. The van der Waals surface area contributed by atoms with Gasteiger partial charge < -0.3 is 25.6 Å². The minimum absolute atomic E-state index is 0.104. The molecule has 0 heterocycles. The van der Waals surface area contributed by atoms with Crippen LogP contribution in [0.3, 0.4) is 0 Å². The van der Waals surface area contributed by atoms with Crippen molar-refractivity contribution in [2.24, 2.45) is 23.7 Å². The number of carbonyl (C=O) groups is 2. The lowest BCUT2D eigenvalue weighted by Gasteiger charge is -2.34. The first-order chi connectivity index (χ1) is 15.1. The highest BCUT2D eigenvalue weighted by molar-refractivity contribution is 5.79. The van der Waals surface area contributed by atoms with Crippen LogP contribution in [-0.4, -0.2) is 47.0 Å². The van der Waals surface area contributed by atoms with Gasteiger partial charge in [-0.3, -0.25) is 4.79 Å². The third kappa shape index (κ3) is 9.57. The predicted molar refractivity (Wildman–Crippen MR) is 126 cm³/mol. The van der Waals surface area contributed by atoms with Crippen LogP contribution in [0.15, 0.2) is 30.3 Å². The Morgan fingerprint density at radius 3 is 2.16 bits per heavy atom. The summed E-state index contributed by atoms with van der Waals surface area (Å²) in [6, 6.07) is 8.54. The number of nitrogens with one attached hydrogen (secondary N) is 2. The summed E-state index contributed by atoms with van der Waals surface area (Å²) in [6.07, 6.45) is -1.96. The van der Waals surface area contributed by atoms with Crippen molar-refractivity contribution < 1.29 is 24.5 Å². The quantitative estimate of drug-likeness (QED) is 0.368. The molecule has 0 aliphatic rings. The highest BCUT2D eigenvalue weighted by Crippen LogP contribution is 2.22. The molecule has 0 bridgehead atoms. The smallest absolute Gasteiger partial charge is 0.407 e. The summed E-state index contributed by atoms with van der Waals surface area (Å²) in [5.41, 5.74) is 0.849. The standard InChI is InChI=1S/C25H42N2O5/c1-7-18(6)14-26-24(30)21(17(4)5)23(29)22(28)20(13-16(2)3)27-25(31)32-15-19-11-9-8-10-12-19/h8-12,16-18,20-23,28-29H,7,13-15H2,1-6H3,(H,26,30)(H,27,31)/t18?,20-,21+,22+,23+/m0/s1. The van der Waals surface area contributed by atoms with Crippen LogP contribution in [0.25, 0.3) is 0 Å². The average Bonchev–Trinajstić information content (AvgIpc) is 2.75. The van der Waals surface area contributed by atoms with E-state index in [9.17, 15) is 19.8 Å². The van der Waals surface area contributed by atoms with E-state index in [0.29, 0.717) is 18.9 Å². The number of hydrogen-bond acceptors (Lipinski definition) is 5. The third-order valence-electron chi connectivity index (χ3n) is 5.71. The van der Waals surface area contributed by atoms with E-state index in [1.165, 1.54) is 0 Å². The Morgan fingerprint density at radius 1 is 1.00 bits per heavy atom. The molecule has 1 aromatic rings. The fourth-order valence-corrected chi connectivity index (χ4v) is 3.55. The molecule has 5 atom stereocenters. The topological polar surface area (TPSA) is 108 Å². The lowest BCUT2D eigenvalue weighted by Crippen LogP contribution is -2.54. The molecule has 7 heteroatoms. The van der Waals surface area contributed by atoms with Crippen LogP contribution >= 0.6 is 0 Å². The van der Waals surface area contributed by atoms with Crippen molar-refractivity contribution in [3.8, 4) is 0 Å². The summed E-state index contributed by atoms with van der Waals surface area (Å²) < 4.78 is 5.28. The van der Waals surface area contributed by atoms with Crippen LogP contribution in [-0.2, 0) is 16.1 Å². The third-order valence-corrected chi connectivity index (χ3v) is 5.71. The van der Waals surface area contributed by atoms with E-state index in [2.05, 4.69) is 17.6 Å². The van der Waals surface area contributed by atoms with E-state index in [0.717, 1.165) is 12.0 Å². The van der Waals surface area contributed by atoms with Gasteiger partial charge in [0.05, 0.1) is 18.1 Å². The lowest BCUT2D eigenvalue weighted by atomic mass is 9.83. The van der Waals surface area contributed by atoms with Crippen LogP contribution in [0.5, 0.6) is 0 Å². The second-order valence-corrected chi connectivity index (χ2v) is 9.45. The maximum Gasteiger partial charge on any atom is 0.407 e. The van der Waals surface area contributed by atoms with Crippen molar-refractivity contribution in [1.82, 2.24) is 10.6 Å². The number of hydrogen-bond donors (Lipinski definition) is 4. The molecule has 0 spiro atoms. The van der Waals surface area contributed by atoms with Gasteiger partial charge in [-0.1, -0.05) is 78.3 Å². The van der Waals surface area contributed by atoms with Gasteiger partial charge in [0.15, 0.2) is 0 Å². The first kappa shape index (κ1) is 27.9. The maximum absolute atomic E-state index is 12.8. The Bertz CT molecular complexity index is 680. The summed E-state index contributed by atoms with van der Waals surface area (Å²) >= 11 is 0. The van der Waals surface area contributed by atoms with Gasteiger partial charge in [-0.05, 0) is 29.7 Å². The molecule has 0 saturated heterocycles. The van der Waals surface area contributed by atoms with Crippen molar-refractivity contribution in [1.29, 1.82) is 0 Å². The molecule has 32 heavy (non-hydrogen) atoms. The van der Waals surface area contributed by atoms with Crippen molar-refractivity contribution in [3.05, 3.63) is 35.9 Å². The molecule has 182 valence electrons. The summed E-state index contributed by atoms with van der Waals surface area (Å²) in [6.45, 7) is 12.3. The van der Waals surface area contributed by atoms with Gasteiger partial charge in [-0.25, -0.2) is 4.79 Å². The first-order valence-corrected chi connectivity index (χ1v) is 11.7. The average molecular weight is 451 g/mol. The molecule has 1 aromatic carbocycles. The number of aliphatic hydroxyl groups excluding tert-OH is 2. The zero-order chi connectivity index (χ0) is 24.3. The number of carbonyl (C=O) groups excluding carboxylic acids is 2. The number of alkyl carbamates (subject to hydrolysis) is 1. The van der Waals surface area contributed by atoms with Crippen molar-refractivity contribution >= 4 is 12.0 Å². The second kappa shape index (κ2) is 14.1. The van der Waals surface area contributed by atoms with E-state index >= 15 is 0 Å². The normalized spacial score (nSPS) is 16.2. The molecule has 7 nitrogen and oxygen atoms in total. The van der Waals surface area contributed by atoms with Gasteiger partial charge >= 0.3 is 6.09 Å². The Labute approximate surface area is 192 Å². The number of aliphatic hydroxyl groups is 2. The van der Waals surface area contributed by atoms with Gasteiger partial charge in [0.25, 0.3) is 0 Å². The Balaban J connectivity index is 2.84. The van der Waals surface area contributed by atoms with Crippen LogP contribution in [0, 0.1) is 23.7 Å². The molecule has 0 saturated carbocycles. The van der Waals surface area contributed by atoms with Crippen molar-refractivity contribution in [2.75, 3.05) is 6.54 Å². The monoisotopic (exact) mass is 450 g/mol. The molecule has 0 fully saturated rings. The molecular weight excluding hydrogens is 408 g/mol. The Morgan fingerprint density at radius 2 is 1.62 bits per heavy atom.